The van der Waals surface area contributed by atoms with E-state index in [1.54, 1.807) is 0 Å². The molecule has 0 N–H and O–H groups in total. The summed E-state index contributed by atoms with van der Waals surface area (Å²) in [6.45, 7) is 52.4. The van der Waals surface area contributed by atoms with E-state index in [4.69, 9.17) is 0 Å². The molecule has 0 atom stereocenters. The van der Waals surface area contributed by atoms with Crippen LogP contribution in [0.4, 0.5) is 0 Å². The predicted molar refractivity (Wildman–Crippen MR) is 445 cm³/mol. The minimum Gasteiger partial charge on any atom is -0.132 e. The molecule has 0 fully saturated rings. The van der Waals surface area contributed by atoms with Crippen molar-refractivity contribution in [3.8, 4) is 33.4 Å². The highest BCUT2D eigenvalue weighted by atomic mass is 79.9. The molecule has 0 bridgehead atoms. The van der Waals surface area contributed by atoms with Crippen LogP contribution in [-0.4, -0.2) is 22.1 Å². The first-order valence-electron chi connectivity index (χ1n) is 36.7. The fourth-order valence-corrected chi connectivity index (χ4v) is 17.2. The molecule has 8 heteroatoms. The van der Waals surface area contributed by atoms with Gasteiger partial charge >= 0.3 is 8.72 Å². The Morgan fingerprint density at radius 1 is 0.274 bits per heavy atom. The zero-order chi connectivity index (χ0) is 69.5. The van der Waals surface area contributed by atoms with Crippen molar-refractivity contribution in [3.05, 3.63) is 200 Å². The number of rotatable bonds is 20. The average molecular weight is 1520 g/mol. The Balaban J connectivity index is 0.000000810. The van der Waals surface area contributed by atoms with E-state index in [9.17, 15) is 0 Å². The van der Waals surface area contributed by atoms with Gasteiger partial charge in [-0.1, -0.05) is 381 Å². The van der Waals surface area contributed by atoms with Crippen LogP contribution in [0.2, 0.25) is 0 Å². The van der Waals surface area contributed by atoms with Crippen LogP contribution in [0.25, 0.3) is 33.4 Å². The molecule has 3 aliphatic carbocycles. The minimum atomic E-state index is -0.276. The quantitative estimate of drug-likeness (QED) is 0.0527. The Hall–Kier alpha value is -4.06. The highest BCUT2D eigenvalue weighted by Crippen LogP contribution is 2.51. The summed E-state index contributed by atoms with van der Waals surface area (Å²) in [4.78, 5) is 0. The van der Waals surface area contributed by atoms with E-state index in [0.29, 0.717) is 35.5 Å². The van der Waals surface area contributed by atoms with Gasteiger partial charge in [-0.15, -0.1) is 63.0 Å². The molecule has 95 heavy (non-hydrogen) atoms. The van der Waals surface area contributed by atoms with Crippen molar-refractivity contribution >= 4 is 129 Å². The maximum absolute atomic E-state index is 3.82. The smallest absolute Gasteiger partial charge is 0.132 e. The van der Waals surface area contributed by atoms with Gasteiger partial charge in [-0.2, -0.15) is 0 Å². The summed E-state index contributed by atoms with van der Waals surface area (Å²) in [5.41, 5.74) is 35.6. The Kier molecular flexibility index (Phi) is 24.4. The highest BCUT2D eigenvalue weighted by molar-refractivity contribution is 9.50. The monoisotopic (exact) mass is 1510 g/mol. The van der Waals surface area contributed by atoms with Crippen molar-refractivity contribution in [1.82, 2.24) is 0 Å². The molecule has 0 spiro atoms. The topological polar surface area (TPSA) is 0 Å². The molecule has 0 unspecified atom stereocenters. The van der Waals surface area contributed by atoms with Crippen LogP contribution in [0.3, 0.4) is 0 Å². The molecule has 0 aromatic heterocycles. The van der Waals surface area contributed by atoms with Crippen molar-refractivity contribution in [2.75, 3.05) is 0 Å². The fraction of sp³-hybridized carbons (Fsp3) is 0.448. The van der Waals surface area contributed by atoms with Crippen molar-refractivity contribution < 1.29 is 0 Å². The molecule has 11 rings (SSSR count). The number of hydrogen-bond donors (Lipinski definition) is 0. The van der Waals surface area contributed by atoms with Gasteiger partial charge in [0, 0.05) is 16.2 Å². The molecule has 0 aliphatic heterocycles. The number of fused-ring (bicyclic) bond motifs is 9. The Labute approximate surface area is 612 Å². The molecule has 0 saturated carbocycles. The van der Waals surface area contributed by atoms with Crippen LogP contribution >= 0.6 is 63.0 Å². The van der Waals surface area contributed by atoms with Crippen LogP contribution in [-0.2, 0) is 16.2 Å². The van der Waals surface area contributed by atoms with E-state index >= 15 is 0 Å². The zero-order valence-electron chi connectivity index (χ0n) is 62.1. The van der Waals surface area contributed by atoms with Crippen LogP contribution < -0.4 is 43.7 Å². The van der Waals surface area contributed by atoms with Crippen LogP contribution in [0, 0.1) is 0 Å². The normalized spacial score (nSPS) is 14.1. The third-order valence-corrected chi connectivity index (χ3v) is 24.0. The first-order chi connectivity index (χ1) is 44.9. The lowest BCUT2D eigenvalue weighted by Crippen LogP contribution is -2.55. The second kappa shape index (κ2) is 30.8. The van der Waals surface area contributed by atoms with Gasteiger partial charge in [0.2, 0.25) is 13.4 Å². The number of unbranched alkanes of at least 4 members (excludes halogenated alkanes) is 6. The summed E-state index contributed by atoms with van der Waals surface area (Å²) in [6.07, 6.45) is 11.1. The van der Waals surface area contributed by atoms with Gasteiger partial charge in [0.25, 0.3) is 0 Å². The Bertz CT molecular complexity index is 3720. The first kappa shape index (κ1) is 75.1. The molecule has 0 radical (unpaired) electrons. The lowest BCUT2D eigenvalue weighted by atomic mass is 9.34. The van der Waals surface area contributed by atoms with Gasteiger partial charge in [0.1, 0.15) is 0 Å². The number of halogens is 4. The van der Waals surface area contributed by atoms with E-state index in [1.165, 1.54) is 195 Å². The molecule has 8 aromatic carbocycles. The Morgan fingerprint density at radius 2 is 0.463 bits per heavy atom. The molecule has 0 amide bonds. The number of hydrogen-bond acceptors (Lipinski definition) is 0. The standard InChI is InChI=1S/C75H82B4Br4.2C6H14/c1-41(2)47-31-61(43(5)6)71(62(32-47)44(7)8)76(51-21-27-57-59-29-23-53(78(80)81)39-69(59)74(15,16)67(57)37-51)49-19-25-55-56-26-20-50(36-66(56)73(13,14)65(55)35-49)77(72-63(45(9)10)33-48(42(3)4)34-64(72)46(11)12)52-22-28-58-60-30-24-54(79(82)83)40-70(60)75(17,18)68(58)38-52;2*1-3-5-6-4-2/h19-46H,1-18H3;2*3-6H2,1-2H3. The molecule has 3 aliphatic rings. The highest BCUT2D eigenvalue weighted by Gasteiger charge is 2.43. The lowest BCUT2D eigenvalue weighted by Gasteiger charge is -2.30. The van der Waals surface area contributed by atoms with Gasteiger partial charge in [-0.3, -0.25) is 0 Å². The molecule has 0 saturated heterocycles. The van der Waals surface area contributed by atoms with Crippen molar-refractivity contribution in [2.45, 2.75) is 255 Å². The molecular formula is C87H110B4Br4. The molecular weight excluding hydrogens is 1410 g/mol. The molecule has 8 aromatic rings. The number of benzene rings is 8. The van der Waals surface area contributed by atoms with E-state index in [-0.39, 0.29) is 38.4 Å². The summed E-state index contributed by atoms with van der Waals surface area (Å²) in [5, 5.41) is 0. The zero-order valence-corrected chi connectivity index (χ0v) is 68.5. The van der Waals surface area contributed by atoms with Crippen LogP contribution in [0.1, 0.15) is 306 Å². The van der Waals surface area contributed by atoms with Crippen molar-refractivity contribution in [3.63, 3.8) is 0 Å². The van der Waals surface area contributed by atoms with Crippen molar-refractivity contribution in [2.24, 2.45) is 0 Å². The van der Waals surface area contributed by atoms with E-state index in [1.807, 2.05) is 0 Å². The van der Waals surface area contributed by atoms with Crippen molar-refractivity contribution in [1.29, 1.82) is 0 Å². The second-order valence-electron chi connectivity index (χ2n) is 31.7. The second-order valence-corrected chi connectivity index (χ2v) is 37.9. The maximum atomic E-state index is 3.82. The fourth-order valence-electron chi connectivity index (χ4n) is 16.0. The van der Waals surface area contributed by atoms with E-state index in [0.717, 1.165) is 0 Å². The van der Waals surface area contributed by atoms with Gasteiger partial charge < -0.3 is 0 Å². The summed E-state index contributed by atoms with van der Waals surface area (Å²) >= 11 is 15.3. The lowest BCUT2D eigenvalue weighted by molar-refractivity contribution is 0.661. The van der Waals surface area contributed by atoms with Crippen LogP contribution in [0.15, 0.2) is 133 Å². The van der Waals surface area contributed by atoms with Gasteiger partial charge in [0.05, 0.1) is 0 Å². The molecule has 498 valence electrons. The third-order valence-electron chi connectivity index (χ3n) is 21.9. The largest absolute Gasteiger partial charge is 0.329 e. The molecule has 0 nitrogen and oxygen atoms in total. The maximum Gasteiger partial charge on any atom is 0.329 e. The van der Waals surface area contributed by atoms with Gasteiger partial charge in [0.15, 0.2) is 0 Å². The van der Waals surface area contributed by atoms with Gasteiger partial charge in [-0.05, 0) is 136 Å². The summed E-state index contributed by atoms with van der Waals surface area (Å²) in [7, 11) is 0. The summed E-state index contributed by atoms with van der Waals surface area (Å²) in [6, 6.07) is 54.7. The molecule has 0 heterocycles. The Morgan fingerprint density at radius 3 is 0.632 bits per heavy atom. The predicted octanol–water partition coefficient (Wildman–Crippen LogP) is 22.5. The third kappa shape index (κ3) is 14.9. The SMILES string of the molecule is CC(C)c1cc(C(C)C)c(B(c2ccc3c(c2)C(C)(C)c2cc(B(Br)Br)ccc2-3)c2ccc3c(c2)C(C)(C)c2cc(B(c4ccc5c(c4)C(C)(C)c4cc(B(Br)Br)ccc4-5)c4c(C(C)C)cc(C(C)C)cc4C(C)C)ccc2-3)c(C(C)C)c1.CCCCCC.CCCCCC. The summed E-state index contributed by atoms with van der Waals surface area (Å²) in [5.74, 6) is 2.23. The van der Waals surface area contributed by atoms with E-state index in [2.05, 4.69) is 349 Å². The first-order valence-corrected chi connectivity index (χ1v) is 40.3. The van der Waals surface area contributed by atoms with Crippen LogP contribution in [0.5, 0.6) is 0 Å². The van der Waals surface area contributed by atoms with E-state index < -0.39 is 0 Å². The average Bonchev–Trinajstić information content (AvgIpc) is 1.61. The van der Waals surface area contributed by atoms with Gasteiger partial charge in [-0.25, -0.2) is 0 Å². The summed E-state index contributed by atoms with van der Waals surface area (Å²) < 4.78 is 0.204. The minimum absolute atomic E-state index is 0.0190.